The number of hydrogen-bond acceptors (Lipinski definition) is 3. The van der Waals surface area contributed by atoms with Crippen molar-refractivity contribution in [3.8, 4) is 0 Å². The number of carboxylic acid groups (broad SMARTS) is 1. The molecule has 6 heteroatoms. The third-order valence-electron chi connectivity index (χ3n) is 3.02. The fourth-order valence-corrected chi connectivity index (χ4v) is 2.13. The smallest absolute Gasteiger partial charge is 0.328 e. The largest absolute Gasteiger partial charge is 0.478 e. The van der Waals surface area contributed by atoms with Gasteiger partial charge in [-0.05, 0) is 24.6 Å². The number of nitrogens with one attached hydrogen (secondary N) is 1. The lowest BCUT2D eigenvalue weighted by molar-refractivity contribution is -0.131. The van der Waals surface area contributed by atoms with Crippen LogP contribution in [0.5, 0.6) is 0 Å². The Hall–Kier alpha value is -2.37. The predicted molar refractivity (Wildman–Crippen MR) is 72.9 cm³/mol. The Balaban J connectivity index is 2.37. The zero-order chi connectivity index (χ0) is 14.5. The summed E-state index contributed by atoms with van der Waals surface area (Å²) >= 11 is 0. The molecule has 0 aliphatic carbocycles. The summed E-state index contributed by atoms with van der Waals surface area (Å²) < 4.78 is 13.9. The summed E-state index contributed by atoms with van der Waals surface area (Å²) in [6.45, 7) is 1.33. The van der Waals surface area contributed by atoms with Crippen molar-refractivity contribution >= 4 is 23.6 Å². The van der Waals surface area contributed by atoms with E-state index in [9.17, 15) is 14.0 Å². The van der Waals surface area contributed by atoms with Crippen LogP contribution >= 0.6 is 0 Å². The normalized spacial score (nSPS) is 16.1. The van der Waals surface area contributed by atoms with Gasteiger partial charge in [-0.15, -0.1) is 0 Å². The maximum absolute atomic E-state index is 13.9. The Labute approximate surface area is 115 Å². The number of anilines is 1. The van der Waals surface area contributed by atoms with Gasteiger partial charge in [0.05, 0.1) is 6.54 Å². The molecule has 1 aromatic carbocycles. The molecular formula is C14H15FN2O3. The Kier molecular flexibility index (Phi) is 4.34. The number of amides is 1. The molecule has 5 nitrogen and oxygen atoms in total. The van der Waals surface area contributed by atoms with Gasteiger partial charge in [-0.3, -0.25) is 4.79 Å². The van der Waals surface area contributed by atoms with E-state index in [1.807, 2.05) is 0 Å². The molecule has 0 atom stereocenters. The molecule has 1 fully saturated rings. The number of carbonyl (C=O) groups excluding carboxylic acids is 1. The van der Waals surface area contributed by atoms with Crippen LogP contribution in [0, 0.1) is 5.82 Å². The highest BCUT2D eigenvalue weighted by atomic mass is 19.1. The zero-order valence-electron chi connectivity index (χ0n) is 10.8. The van der Waals surface area contributed by atoms with Gasteiger partial charge in [0, 0.05) is 30.4 Å². The first-order chi connectivity index (χ1) is 9.58. The maximum atomic E-state index is 13.9. The fourth-order valence-electron chi connectivity index (χ4n) is 2.13. The van der Waals surface area contributed by atoms with Crippen LogP contribution in [-0.4, -0.2) is 36.6 Å². The summed E-state index contributed by atoms with van der Waals surface area (Å²) in [7, 11) is 0. The second-order valence-corrected chi connectivity index (χ2v) is 4.47. The molecule has 1 saturated heterocycles. The van der Waals surface area contributed by atoms with Gasteiger partial charge in [-0.25, -0.2) is 9.18 Å². The number of aliphatic carboxylic acids is 1. The molecule has 2 N–H and O–H groups in total. The van der Waals surface area contributed by atoms with Crippen molar-refractivity contribution in [2.24, 2.45) is 0 Å². The molecule has 106 valence electrons. The lowest BCUT2D eigenvalue weighted by atomic mass is 10.1. The average molecular weight is 278 g/mol. The molecule has 1 aliphatic rings. The fraction of sp³-hybridized carbons (Fsp3) is 0.286. The van der Waals surface area contributed by atoms with E-state index in [0.717, 1.165) is 12.5 Å². The topological polar surface area (TPSA) is 69.6 Å². The van der Waals surface area contributed by atoms with Crippen LogP contribution in [0.1, 0.15) is 12.0 Å². The van der Waals surface area contributed by atoms with Crippen molar-refractivity contribution in [2.45, 2.75) is 6.42 Å². The summed E-state index contributed by atoms with van der Waals surface area (Å²) in [6, 6.07) is 4.50. The number of benzene rings is 1. The minimum Gasteiger partial charge on any atom is -0.478 e. The van der Waals surface area contributed by atoms with E-state index >= 15 is 0 Å². The molecule has 2 rings (SSSR count). The van der Waals surface area contributed by atoms with E-state index in [-0.39, 0.29) is 18.0 Å². The predicted octanol–water partition coefficient (Wildman–Crippen LogP) is 1.25. The van der Waals surface area contributed by atoms with Gasteiger partial charge in [0.2, 0.25) is 5.91 Å². The molecule has 0 spiro atoms. The number of nitrogens with zero attached hydrogens (tertiary/aromatic N) is 1. The molecule has 0 unspecified atom stereocenters. The number of rotatable bonds is 3. The molecule has 20 heavy (non-hydrogen) atoms. The molecule has 1 aromatic rings. The second kappa shape index (κ2) is 6.18. The molecular weight excluding hydrogens is 263 g/mol. The van der Waals surface area contributed by atoms with E-state index in [2.05, 4.69) is 5.32 Å². The van der Waals surface area contributed by atoms with Crippen LogP contribution in [0.25, 0.3) is 6.08 Å². The quantitative estimate of drug-likeness (QED) is 0.816. The lowest BCUT2D eigenvalue weighted by Crippen LogP contribution is -2.33. The van der Waals surface area contributed by atoms with Gasteiger partial charge in [-0.1, -0.05) is 6.07 Å². The first-order valence-corrected chi connectivity index (χ1v) is 6.29. The molecule has 1 amide bonds. The third-order valence-corrected chi connectivity index (χ3v) is 3.02. The number of carbonyl (C=O) groups is 2. The van der Waals surface area contributed by atoms with Crippen molar-refractivity contribution in [2.75, 3.05) is 24.5 Å². The van der Waals surface area contributed by atoms with Gasteiger partial charge >= 0.3 is 5.97 Å². The Morgan fingerprint density at radius 3 is 3.00 bits per heavy atom. The second-order valence-electron chi connectivity index (χ2n) is 4.47. The van der Waals surface area contributed by atoms with Crippen LogP contribution in [0.4, 0.5) is 10.1 Å². The van der Waals surface area contributed by atoms with Crippen LogP contribution in [0.3, 0.4) is 0 Å². The monoisotopic (exact) mass is 278 g/mol. The standard InChI is InChI=1S/C14H15FN2O3/c15-11-3-1-4-12(10(11)5-6-14(19)20)17-8-2-7-16-13(18)9-17/h1,3-6H,2,7-9H2,(H,16,18)(H,19,20)/b6-5+. The minimum absolute atomic E-state index is 0.125. The maximum Gasteiger partial charge on any atom is 0.328 e. The highest BCUT2D eigenvalue weighted by molar-refractivity contribution is 5.88. The van der Waals surface area contributed by atoms with E-state index in [1.165, 1.54) is 12.1 Å². The van der Waals surface area contributed by atoms with E-state index in [1.54, 1.807) is 17.0 Å². The first-order valence-electron chi connectivity index (χ1n) is 6.29. The van der Waals surface area contributed by atoms with Crippen LogP contribution in [-0.2, 0) is 9.59 Å². The van der Waals surface area contributed by atoms with Gasteiger partial charge in [0.15, 0.2) is 0 Å². The summed E-state index contributed by atoms with van der Waals surface area (Å²) in [5, 5.41) is 11.4. The van der Waals surface area contributed by atoms with E-state index in [0.29, 0.717) is 18.8 Å². The molecule has 1 aliphatic heterocycles. The molecule has 1 heterocycles. The first kappa shape index (κ1) is 14.0. The van der Waals surface area contributed by atoms with Gasteiger partial charge in [-0.2, -0.15) is 0 Å². The lowest BCUT2D eigenvalue weighted by Gasteiger charge is -2.23. The van der Waals surface area contributed by atoms with E-state index in [4.69, 9.17) is 5.11 Å². The molecule has 0 bridgehead atoms. The summed E-state index contributed by atoms with van der Waals surface area (Å²) in [6.07, 6.45) is 2.86. The summed E-state index contributed by atoms with van der Waals surface area (Å²) in [5.41, 5.74) is 0.712. The molecule has 0 saturated carbocycles. The minimum atomic E-state index is -1.15. The number of hydrogen-bond donors (Lipinski definition) is 2. The Morgan fingerprint density at radius 1 is 1.45 bits per heavy atom. The van der Waals surface area contributed by atoms with Crippen LogP contribution in [0.2, 0.25) is 0 Å². The van der Waals surface area contributed by atoms with Crippen molar-refractivity contribution in [1.29, 1.82) is 0 Å². The highest BCUT2D eigenvalue weighted by Gasteiger charge is 2.18. The SMILES string of the molecule is O=C(O)/C=C/c1c(F)cccc1N1CCCNC(=O)C1. The van der Waals surface area contributed by atoms with Gasteiger partial charge < -0.3 is 15.3 Å². The number of carboxylic acids is 1. The Morgan fingerprint density at radius 2 is 2.25 bits per heavy atom. The zero-order valence-corrected chi connectivity index (χ0v) is 10.8. The van der Waals surface area contributed by atoms with Crippen molar-refractivity contribution < 1.29 is 19.1 Å². The highest BCUT2D eigenvalue weighted by Crippen LogP contribution is 2.25. The third kappa shape index (κ3) is 3.34. The van der Waals surface area contributed by atoms with Crippen LogP contribution < -0.4 is 10.2 Å². The van der Waals surface area contributed by atoms with Crippen molar-refractivity contribution in [3.05, 3.63) is 35.7 Å². The Bertz CT molecular complexity index is 557. The van der Waals surface area contributed by atoms with Gasteiger partial charge in [0.25, 0.3) is 0 Å². The summed E-state index contributed by atoms with van der Waals surface area (Å²) in [4.78, 5) is 23.9. The number of halogens is 1. The average Bonchev–Trinajstić information content (AvgIpc) is 2.61. The van der Waals surface area contributed by atoms with Crippen molar-refractivity contribution in [3.63, 3.8) is 0 Å². The van der Waals surface area contributed by atoms with Crippen LogP contribution in [0.15, 0.2) is 24.3 Å². The molecule has 0 radical (unpaired) electrons. The molecule has 0 aromatic heterocycles. The van der Waals surface area contributed by atoms with Crippen molar-refractivity contribution in [1.82, 2.24) is 5.32 Å². The van der Waals surface area contributed by atoms with E-state index < -0.39 is 11.8 Å². The van der Waals surface area contributed by atoms with Gasteiger partial charge in [0.1, 0.15) is 5.82 Å². The summed E-state index contributed by atoms with van der Waals surface area (Å²) in [5.74, 6) is -1.78.